The number of benzene rings is 2. The number of esters is 1. The maximum Gasteiger partial charge on any atom is 0.328 e. The lowest BCUT2D eigenvalue weighted by atomic mass is 9.78. The maximum atomic E-state index is 13.7. The van der Waals surface area contributed by atoms with Gasteiger partial charge in [0, 0.05) is 29.7 Å². The first-order valence-electron chi connectivity index (χ1n) is 15.1. The van der Waals surface area contributed by atoms with Gasteiger partial charge in [-0.3, -0.25) is 9.48 Å². The monoisotopic (exact) mass is 631 g/mol. The molecule has 1 unspecified atom stereocenters. The molecule has 5 rings (SSSR count). The SMILES string of the molecule is Cc1cccc(C)c1-c1cc2nc(n1)NS(=O)(=O)c1cccc(c1)C(c1cnn(CC(=O)OC(C)(C)C)c1)[C@H](CC(C)C)CO2. The Hall–Kier alpha value is -4.25. The first-order valence-corrected chi connectivity index (χ1v) is 16.6. The predicted molar refractivity (Wildman–Crippen MR) is 173 cm³/mol. The molecule has 2 aromatic heterocycles. The van der Waals surface area contributed by atoms with Gasteiger partial charge in [0.05, 0.1) is 23.4 Å². The molecule has 0 aliphatic carbocycles. The zero-order chi connectivity index (χ0) is 32.5. The second kappa shape index (κ2) is 12.6. The standard InChI is InChI=1S/C34H41N5O5S/c1-21(2)14-25-20-43-29-16-28(31-22(3)10-8-11-23(31)4)36-33(37-29)38-45(41,42)27-13-9-12-24(15-27)32(25)26-17-35-39(18-26)19-30(40)44-34(5,6)7/h8-13,15-18,21,25,32H,14,19-20H2,1-7H3,(H,36,37,38)/t25-,32?/m1/s1. The number of aryl methyl sites for hydroxylation is 2. The first kappa shape index (κ1) is 32.2. The van der Waals surface area contributed by atoms with Crippen LogP contribution in [0, 0.1) is 25.7 Å². The van der Waals surface area contributed by atoms with Gasteiger partial charge in [-0.05, 0) is 81.3 Å². The predicted octanol–water partition coefficient (Wildman–Crippen LogP) is 6.29. The molecule has 0 spiro atoms. The van der Waals surface area contributed by atoms with Gasteiger partial charge in [0.25, 0.3) is 10.0 Å². The number of hydrogen-bond donors (Lipinski definition) is 1. The lowest BCUT2D eigenvalue weighted by Crippen LogP contribution is -2.26. The Morgan fingerprint density at radius 3 is 2.47 bits per heavy atom. The number of aromatic nitrogens is 4. The minimum atomic E-state index is -4.05. The van der Waals surface area contributed by atoms with Gasteiger partial charge in [0.2, 0.25) is 11.8 Å². The van der Waals surface area contributed by atoms with Crippen molar-refractivity contribution in [3.63, 3.8) is 0 Å². The number of carbonyl (C=O) groups is 1. The lowest BCUT2D eigenvalue weighted by Gasteiger charge is -2.29. The quantitative estimate of drug-likeness (QED) is 0.246. The van der Waals surface area contributed by atoms with Crippen LogP contribution in [0.5, 0.6) is 5.88 Å². The summed E-state index contributed by atoms with van der Waals surface area (Å²) in [6.45, 7) is 14.0. The topological polar surface area (TPSA) is 125 Å². The molecule has 11 heteroatoms. The van der Waals surface area contributed by atoms with Crippen molar-refractivity contribution in [1.29, 1.82) is 0 Å². The van der Waals surface area contributed by atoms with Gasteiger partial charge in [-0.2, -0.15) is 10.1 Å². The van der Waals surface area contributed by atoms with Crippen molar-refractivity contribution in [3.8, 4) is 17.1 Å². The minimum absolute atomic E-state index is 0.0432. The minimum Gasteiger partial charge on any atom is -0.477 e. The van der Waals surface area contributed by atoms with Crippen LogP contribution in [0.4, 0.5) is 5.95 Å². The maximum absolute atomic E-state index is 13.7. The van der Waals surface area contributed by atoms with E-state index in [0.717, 1.165) is 34.2 Å². The van der Waals surface area contributed by atoms with Crippen molar-refractivity contribution >= 4 is 21.9 Å². The number of fused-ring (bicyclic) bond motifs is 4. The average Bonchev–Trinajstić information content (AvgIpc) is 3.37. The summed E-state index contributed by atoms with van der Waals surface area (Å²) in [6, 6.07) is 14.6. The third-order valence-electron chi connectivity index (χ3n) is 7.61. The van der Waals surface area contributed by atoms with E-state index < -0.39 is 21.6 Å². The second-order valence-electron chi connectivity index (χ2n) is 13.1. The molecule has 1 aliphatic rings. The van der Waals surface area contributed by atoms with Crippen LogP contribution in [0.25, 0.3) is 11.3 Å². The zero-order valence-electron chi connectivity index (χ0n) is 26.9. The van der Waals surface area contributed by atoms with Gasteiger partial charge < -0.3 is 9.47 Å². The van der Waals surface area contributed by atoms with Crippen LogP contribution in [-0.4, -0.2) is 46.3 Å². The van der Waals surface area contributed by atoms with Gasteiger partial charge in [0.1, 0.15) is 12.1 Å². The van der Waals surface area contributed by atoms with Crippen LogP contribution in [0.2, 0.25) is 0 Å². The summed E-state index contributed by atoms with van der Waals surface area (Å²) < 4.78 is 43.5. The number of nitrogens with one attached hydrogen (secondary N) is 1. The van der Waals surface area contributed by atoms with Crippen molar-refractivity contribution in [2.75, 3.05) is 11.3 Å². The highest BCUT2D eigenvalue weighted by molar-refractivity contribution is 7.92. The fourth-order valence-electron chi connectivity index (χ4n) is 5.91. The normalized spacial score (nSPS) is 17.9. The van der Waals surface area contributed by atoms with Crippen molar-refractivity contribution in [2.45, 2.75) is 77.8 Å². The molecule has 3 heterocycles. The molecule has 4 bridgehead atoms. The van der Waals surface area contributed by atoms with Crippen LogP contribution in [0.1, 0.15) is 69.2 Å². The highest BCUT2D eigenvalue weighted by Crippen LogP contribution is 2.38. The van der Waals surface area contributed by atoms with E-state index in [0.29, 0.717) is 18.2 Å². The van der Waals surface area contributed by atoms with Gasteiger partial charge >= 0.3 is 5.97 Å². The Bertz CT molecular complexity index is 1790. The van der Waals surface area contributed by atoms with Crippen molar-refractivity contribution in [3.05, 3.63) is 83.2 Å². The van der Waals surface area contributed by atoms with E-state index in [2.05, 4.69) is 33.6 Å². The highest BCUT2D eigenvalue weighted by atomic mass is 32.2. The summed E-state index contributed by atoms with van der Waals surface area (Å²) in [4.78, 5) is 21.7. The number of carbonyl (C=O) groups excluding carboxylic acids is 1. The van der Waals surface area contributed by atoms with Crippen molar-refractivity contribution < 1.29 is 22.7 Å². The Morgan fingerprint density at radius 1 is 1.07 bits per heavy atom. The summed E-state index contributed by atoms with van der Waals surface area (Å²) >= 11 is 0. The molecular formula is C34H41N5O5S. The Labute approximate surface area is 265 Å². The van der Waals surface area contributed by atoms with Crippen LogP contribution < -0.4 is 9.46 Å². The van der Waals surface area contributed by atoms with Crippen LogP contribution >= 0.6 is 0 Å². The molecule has 0 amide bonds. The Morgan fingerprint density at radius 2 is 1.78 bits per heavy atom. The van der Waals surface area contributed by atoms with Gasteiger partial charge in [-0.15, -0.1) is 0 Å². The first-order chi connectivity index (χ1) is 21.2. The van der Waals surface area contributed by atoms with E-state index in [1.54, 1.807) is 35.1 Å². The Balaban J connectivity index is 1.61. The Kier molecular flexibility index (Phi) is 9.02. The third-order valence-corrected chi connectivity index (χ3v) is 8.93. The van der Waals surface area contributed by atoms with Crippen LogP contribution in [0.15, 0.2) is 65.8 Å². The van der Waals surface area contributed by atoms with E-state index in [4.69, 9.17) is 9.47 Å². The smallest absolute Gasteiger partial charge is 0.328 e. The number of hydrogen-bond acceptors (Lipinski definition) is 8. The lowest BCUT2D eigenvalue weighted by molar-refractivity contribution is -0.155. The molecular weight excluding hydrogens is 590 g/mol. The van der Waals surface area contributed by atoms with E-state index in [9.17, 15) is 13.2 Å². The van der Waals surface area contributed by atoms with Crippen molar-refractivity contribution in [1.82, 2.24) is 19.7 Å². The fraction of sp³-hybridized carbons (Fsp3) is 0.412. The molecule has 45 heavy (non-hydrogen) atoms. The molecule has 10 nitrogen and oxygen atoms in total. The molecule has 238 valence electrons. The van der Waals surface area contributed by atoms with Crippen molar-refractivity contribution in [2.24, 2.45) is 11.8 Å². The molecule has 0 radical (unpaired) electrons. The number of anilines is 1. The van der Waals surface area contributed by atoms with Gasteiger partial charge in [-0.25, -0.2) is 18.1 Å². The zero-order valence-corrected chi connectivity index (χ0v) is 27.7. The molecule has 2 atom stereocenters. The molecule has 1 N–H and O–H groups in total. The largest absolute Gasteiger partial charge is 0.477 e. The second-order valence-corrected chi connectivity index (χ2v) is 14.8. The van der Waals surface area contributed by atoms with Gasteiger partial charge in [0.15, 0.2) is 0 Å². The molecule has 2 aromatic carbocycles. The van der Waals surface area contributed by atoms with Crippen LogP contribution in [0.3, 0.4) is 0 Å². The van der Waals surface area contributed by atoms with E-state index >= 15 is 0 Å². The summed E-state index contributed by atoms with van der Waals surface area (Å²) in [7, 11) is -4.05. The van der Waals surface area contributed by atoms with E-state index in [-0.39, 0.29) is 35.1 Å². The number of nitrogens with zero attached hydrogens (tertiary/aromatic N) is 4. The van der Waals surface area contributed by atoms with Gasteiger partial charge in [-0.1, -0.05) is 44.2 Å². The highest BCUT2D eigenvalue weighted by Gasteiger charge is 2.31. The van der Waals surface area contributed by atoms with E-state index in [1.807, 2.05) is 65.1 Å². The molecule has 4 aromatic rings. The number of rotatable bonds is 6. The third kappa shape index (κ3) is 7.70. The van der Waals surface area contributed by atoms with E-state index in [1.165, 1.54) is 0 Å². The summed E-state index contributed by atoms with van der Waals surface area (Å²) in [6.07, 6.45) is 4.34. The number of ether oxygens (including phenoxy) is 2. The summed E-state index contributed by atoms with van der Waals surface area (Å²) in [5, 5.41) is 4.48. The number of sulfonamides is 1. The fourth-order valence-corrected chi connectivity index (χ4v) is 6.91. The molecule has 0 saturated carbocycles. The summed E-state index contributed by atoms with van der Waals surface area (Å²) in [5.41, 5.74) is 4.50. The van der Waals surface area contributed by atoms with Crippen LogP contribution in [-0.2, 0) is 26.1 Å². The molecule has 0 fully saturated rings. The molecule has 1 aliphatic heterocycles. The summed E-state index contributed by atoms with van der Waals surface area (Å²) in [5.74, 6) is -0.235. The molecule has 0 saturated heterocycles. The average molecular weight is 632 g/mol.